The van der Waals surface area contributed by atoms with Gasteiger partial charge in [0.1, 0.15) is 5.75 Å². The van der Waals surface area contributed by atoms with Gasteiger partial charge in [0.2, 0.25) is 0 Å². The molecule has 0 aliphatic heterocycles. The Bertz CT molecular complexity index is 818. The van der Waals surface area contributed by atoms with Crippen molar-refractivity contribution in [2.45, 2.75) is 6.54 Å². The van der Waals surface area contributed by atoms with E-state index in [1.165, 1.54) is 0 Å². The molecular weight excluding hydrogens is 302 g/mol. The minimum absolute atomic E-state index is 0.150. The molecule has 0 radical (unpaired) electrons. The minimum Gasteiger partial charge on any atom is -0.497 e. The summed E-state index contributed by atoms with van der Waals surface area (Å²) in [5, 5.41) is 2.88. The number of rotatable bonds is 5. The Kier molecular flexibility index (Phi) is 4.81. The van der Waals surface area contributed by atoms with Crippen LogP contribution in [-0.2, 0) is 6.54 Å². The van der Waals surface area contributed by atoms with Gasteiger partial charge in [0, 0.05) is 24.5 Å². The van der Waals surface area contributed by atoms with E-state index in [-0.39, 0.29) is 5.91 Å². The van der Waals surface area contributed by atoms with Gasteiger partial charge in [-0.1, -0.05) is 18.2 Å². The quantitative estimate of drug-likeness (QED) is 0.785. The van der Waals surface area contributed by atoms with Crippen molar-refractivity contribution in [2.24, 2.45) is 0 Å². The molecule has 0 atom stereocenters. The lowest BCUT2D eigenvalue weighted by atomic mass is 10.2. The summed E-state index contributed by atoms with van der Waals surface area (Å²) in [6, 6.07) is 16.6. The van der Waals surface area contributed by atoms with Gasteiger partial charge in [-0.3, -0.25) is 14.8 Å². The first-order valence-electron chi connectivity index (χ1n) is 7.55. The number of carbonyl (C=O) groups is 1. The predicted octanol–water partition coefficient (Wildman–Crippen LogP) is 3.08. The molecule has 2 heterocycles. The molecule has 3 rings (SSSR count). The molecule has 0 bridgehead atoms. The SMILES string of the molecule is COc1cccc(C(=O)NCc2ccc(-c3ccccn3)nc2)c1. The van der Waals surface area contributed by atoms with Crippen molar-refractivity contribution in [3.05, 3.63) is 78.1 Å². The van der Waals surface area contributed by atoms with Crippen LogP contribution in [0.4, 0.5) is 0 Å². The lowest BCUT2D eigenvalue weighted by Crippen LogP contribution is -2.22. The Balaban J connectivity index is 1.63. The first-order chi connectivity index (χ1) is 11.8. The van der Waals surface area contributed by atoms with E-state index in [0.29, 0.717) is 17.9 Å². The van der Waals surface area contributed by atoms with Crippen LogP contribution in [0, 0.1) is 0 Å². The van der Waals surface area contributed by atoms with Gasteiger partial charge in [-0.25, -0.2) is 0 Å². The van der Waals surface area contributed by atoms with Crippen LogP contribution >= 0.6 is 0 Å². The zero-order valence-corrected chi connectivity index (χ0v) is 13.3. The van der Waals surface area contributed by atoms with E-state index >= 15 is 0 Å². The fraction of sp³-hybridized carbons (Fsp3) is 0.105. The molecule has 0 aliphatic carbocycles. The number of nitrogens with one attached hydrogen (secondary N) is 1. The first-order valence-corrected chi connectivity index (χ1v) is 7.55. The fourth-order valence-corrected chi connectivity index (χ4v) is 2.24. The van der Waals surface area contributed by atoms with Crippen molar-refractivity contribution in [3.63, 3.8) is 0 Å². The smallest absolute Gasteiger partial charge is 0.251 e. The van der Waals surface area contributed by atoms with Crippen molar-refractivity contribution in [1.29, 1.82) is 0 Å². The van der Waals surface area contributed by atoms with Gasteiger partial charge < -0.3 is 10.1 Å². The molecule has 0 spiro atoms. The van der Waals surface area contributed by atoms with Crippen LogP contribution in [0.25, 0.3) is 11.4 Å². The third kappa shape index (κ3) is 3.76. The maximum Gasteiger partial charge on any atom is 0.251 e. The second-order valence-corrected chi connectivity index (χ2v) is 5.18. The number of aromatic nitrogens is 2. The average molecular weight is 319 g/mol. The highest BCUT2D eigenvalue weighted by atomic mass is 16.5. The highest BCUT2D eigenvalue weighted by molar-refractivity contribution is 5.94. The van der Waals surface area contributed by atoms with E-state index in [2.05, 4.69) is 15.3 Å². The number of methoxy groups -OCH3 is 1. The maximum atomic E-state index is 12.2. The van der Waals surface area contributed by atoms with E-state index in [1.54, 1.807) is 43.8 Å². The number of benzene rings is 1. The monoisotopic (exact) mass is 319 g/mol. The second kappa shape index (κ2) is 7.37. The molecule has 0 unspecified atom stereocenters. The van der Waals surface area contributed by atoms with Crippen LogP contribution in [0.3, 0.4) is 0 Å². The summed E-state index contributed by atoms with van der Waals surface area (Å²) in [6.45, 7) is 0.408. The standard InChI is InChI=1S/C19H17N3O2/c1-24-16-6-4-5-15(11-16)19(23)22-13-14-8-9-18(21-12-14)17-7-2-3-10-20-17/h2-12H,13H2,1H3,(H,22,23). The number of hydrogen-bond acceptors (Lipinski definition) is 4. The normalized spacial score (nSPS) is 10.2. The molecule has 0 saturated heterocycles. The Labute approximate surface area is 140 Å². The van der Waals surface area contributed by atoms with Gasteiger partial charge in [-0.15, -0.1) is 0 Å². The highest BCUT2D eigenvalue weighted by Gasteiger charge is 2.07. The van der Waals surface area contributed by atoms with E-state index in [4.69, 9.17) is 4.74 Å². The predicted molar refractivity (Wildman–Crippen MR) is 91.6 cm³/mol. The third-order valence-corrected chi connectivity index (χ3v) is 3.54. The van der Waals surface area contributed by atoms with Crippen molar-refractivity contribution in [1.82, 2.24) is 15.3 Å². The van der Waals surface area contributed by atoms with Crippen molar-refractivity contribution in [3.8, 4) is 17.1 Å². The number of carbonyl (C=O) groups excluding carboxylic acids is 1. The van der Waals surface area contributed by atoms with Crippen molar-refractivity contribution in [2.75, 3.05) is 7.11 Å². The lowest BCUT2D eigenvalue weighted by Gasteiger charge is -2.07. The number of nitrogens with zero attached hydrogens (tertiary/aromatic N) is 2. The number of hydrogen-bond donors (Lipinski definition) is 1. The largest absolute Gasteiger partial charge is 0.497 e. The summed E-state index contributed by atoms with van der Waals surface area (Å²) in [4.78, 5) is 20.8. The molecule has 24 heavy (non-hydrogen) atoms. The summed E-state index contributed by atoms with van der Waals surface area (Å²) >= 11 is 0. The van der Waals surface area contributed by atoms with E-state index in [1.807, 2.05) is 30.3 Å². The summed E-state index contributed by atoms with van der Waals surface area (Å²) in [5.41, 5.74) is 3.11. The molecule has 0 fully saturated rings. The molecule has 0 saturated carbocycles. The second-order valence-electron chi connectivity index (χ2n) is 5.18. The summed E-state index contributed by atoms with van der Waals surface area (Å²) in [5.74, 6) is 0.506. The van der Waals surface area contributed by atoms with E-state index in [0.717, 1.165) is 17.0 Å². The van der Waals surface area contributed by atoms with Gasteiger partial charge >= 0.3 is 0 Å². The van der Waals surface area contributed by atoms with Gasteiger partial charge in [-0.2, -0.15) is 0 Å². The van der Waals surface area contributed by atoms with Crippen molar-refractivity contribution < 1.29 is 9.53 Å². The van der Waals surface area contributed by atoms with Gasteiger partial charge in [0.05, 0.1) is 18.5 Å². The Morgan fingerprint density at radius 3 is 2.62 bits per heavy atom. The summed E-state index contributed by atoms with van der Waals surface area (Å²) < 4.78 is 5.13. The van der Waals surface area contributed by atoms with Crippen LogP contribution in [0.1, 0.15) is 15.9 Å². The number of ether oxygens (including phenoxy) is 1. The maximum absolute atomic E-state index is 12.2. The Morgan fingerprint density at radius 1 is 1.04 bits per heavy atom. The van der Waals surface area contributed by atoms with Crippen LogP contribution in [0.2, 0.25) is 0 Å². The molecular formula is C19H17N3O2. The number of amides is 1. The van der Waals surface area contributed by atoms with Crippen molar-refractivity contribution >= 4 is 5.91 Å². The zero-order chi connectivity index (χ0) is 16.8. The molecule has 5 heteroatoms. The minimum atomic E-state index is -0.150. The molecule has 2 aromatic heterocycles. The Morgan fingerprint density at radius 2 is 1.92 bits per heavy atom. The molecule has 1 amide bonds. The molecule has 3 aromatic rings. The molecule has 1 N–H and O–H groups in total. The van der Waals surface area contributed by atoms with Gasteiger partial charge in [0.25, 0.3) is 5.91 Å². The van der Waals surface area contributed by atoms with Gasteiger partial charge in [0.15, 0.2) is 0 Å². The van der Waals surface area contributed by atoms with E-state index < -0.39 is 0 Å². The van der Waals surface area contributed by atoms with E-state index in [9.17, 15) is 4.79 Å². The first kappa shape index (κ1) is 15.7. The highest BCUT2D eigenvalue weighted by Crippen LogP contribution is 2.14. The summed E-state index contributed by atoms with van der Waals surface area (Å²) in [6.07, 6.45) is 3.48. The molecule has 0 aliphatic rings. The third-order valence-electron chi connectivity index (χ3n) is 3.54. The average Bonchev–Trinajstić information content (AvgIpc) is 2.67. The molecule has 1 aromatic carbocycles. The van der Waals surface area contributed by atoms with Crippen LogP contribution in [-0.4, -0.2) is 23.0 Å². The molecule has 5 nitrogen and oxygen atoms in total. The Hall–Kier alpha value is -3.21. The fourth-order valence-electron chi connectivity index (χ4n) is 2.24. The summed E-state index contributed by atoms with van der Waals surface area (Å²) in [7, 11) is 1.58. The van der Waals surface area contributed by atoms with Crippen LogP contribution in [0.15, 0.2) is 67.0 Å². The lowest BCUT2D eigenvalue weighted by molar-refractivity contribution is 0.0950. The van der Waals surface area contributed by atoms with Crippen LogP contribution in [0.5, 0.6) is 5.75 Å². The molecule has 120 valence electrons. The zero-order valence-electron chi connectivity index (χ0n) is 13.3. The number of pyridine rings is 2. The van der Waals surface area contributed by atoms with Crippen LogP contribution < -0.4 is 10.1 Å². The topological polar surface area (TPSA) is 64.1 Å². The van der Waals surface area contributed by atoms with Gasteiger partial charge in [-0.05, 0) is 42.0 Å².